The number of imidazole rings is 1. The molecule has 1 atom stereocenters. The standard InChI is InChI=1S/C27H31ClFN5O/c1-15(2)33-14-30-22-12-21(31-25(28)24(22)33)16-5-6-20-23(9-16)34(26(35)27(20,3)4)19-10-18(11-19)32-8-7-17(29)13-32/h5-6,9,12,14-15,17-19H,7-8,10-11,13H2,1-4H3/t17-,18?,19?/m1/s1. The molecule has 6 nitrogen and oxygen atoms in total. The van der Waals surface area contributed by atoms with Gasteiger partial charge in [0, 0.05) is 42.5 Å². The van der Waals surface area contributed by atoms with Gasteiger partial charge in [-0.2, -0.15) is 0 Å². The number of carbonyl (C=O) groups is 1. The Balaban J connectivity index is 1.34. The Kier molecular flexibility index (Phi) is 5.24. The molecule has 0 N–H and O–H groups in total. The average Bonchev–Trinajstić information content (AvgIpc) is 3.45. The van der Waals surface area contributed by atoms with Crippen LogP contribution >= 0.6 is 11.6 Å². The molecular formula is C27H31ClFN5O. The highest BCUT2D eigenvalue weighted by Gasteiger charge is 2.50. The number of nitrogens with zero attached hydrogens (tertiary/aromatic N) is 5. The first-order valence-electron chi connectivity index (χ1n) is 12.5. The number of aromatic nitrogens is 3. The Hall–Kier alpha value is -2.51. The number of alkyl halides is 1. The summed E-state index contributed by atoms with van der Waals surface area (Å²) in [5.41, 5.74) is 4.71. The Bertz CT molecular complexity index is 1330. The number of carbonyl (C=O) groups excluding carboxylic acids is 1. The van der Waals surface area contributed by atoms with Crippen LogP contribution in [0.5, 0.6) is 0 Å². The summed E-state index contributed by atoms with van der Waals surface area (Å²) in [7, 11) is 0. The van der Waals surface area contributed by atoms with Crippen molar-refractivity contribution in [3.8, 4) is 11.3 Å². The van der Waals surface area contributed by atoms with Crippen LogP contribution in [0.15, 0.2) is 30.6 Å². The second-order valence-electron chi connectivity index (χ2n) is 11.1. The van der Waals surface area contributed by atoms with E-state index in [1.165, 1.54) is 0 Å². The molecule has 0 spiro atoms. The molecule has 0 bridgehead atoms. The fourth-order valence-corrected chi connectivity index (χ4v) is 6.29. The van der Waals surface area contributed by atoms with Crippen LogP contribution in [0.3, 0.4) is 0 Å². The molecule has 3 aliphatic rings. The zero-order valence-electron chi connectivity index (χ0n) is 20.6. The van der Waals surface area contributed by atoms with Gasteiger partial charge in [0.1, 0.15) is 11.7 Å². The van der Waals surface area contributed by atoms with E-state index in [1.807, 2.05) is 35.4 Å². The lowest BCUT2D eigenvalue weighted by atomic mass is 9.83. The van der Waals surface area contributed by atoms with E-state index in [9.17, 15) is 9.18 Å². The minimum absolute atomic E-state index is 0.134. The number of hydrogen-bond acceptors (Lipinski definition) is 4. The number of pyridine rings is 1. The van der Waals surface area contributed by atoms with E-state index >= 15 is 0 Å². The molecule has 2 fully saturated rings. The number of rotatable bonds is 4. The molecule has 1 saturated heterocycles. The summed E-state index contributed by atoms with van der Waals surface area (Å²) >= 11 is 6.62. The van der Waals surface area contributed by atoms with Crippen molar-refractivity contribution in [3.05, 3.63) is 41.3 Å². The van der Waals surface area contributed by atoms with E-state index in [1.54, 1.807) is 6.33 Å². The van der Waals surface area contributed by atoms with Crippen molar-refractivity contribution < 1.29 is 9.18 Å². The minimum Gasteiger partial charge on any atom is -0.326 e. The van der Waals surface area contributed by atoms with Crippen LogP contribution in [0, 0.1) is 0 Å². The molecule has 1 aromatic carbocycles. The summed E-state index contributed by atoms with van der Waals surface area (Å²) in [6.07, 6.45) is 3.49. The number of likely N-dealkylation sites (tertiary alicyclic amines) is 1. The van der Waals surface area contributed by atoms with Gasteiger partial charge < -0.3 is 9.47 Å². The maximum atomic E-state index is 13.7. The Morgan fingerprint density at radius 2 is 1.94 bits per heavy atom. The zero-order valence-corrected chi connectivity index (χ0v) is 21.4. The summed E-state index contributed by atoms with van der Waals surface area (Å²) in [4.78, 5) is 27.0. The maximum absolute atomic E-state index is 13.7. The van der Waals surface area contributed by atoms with Crippen molar-refractivity contribution in [3.63, 3.8) is 0 Å². The molecule has 1 aliphatic carbocycles. The molecule has 3 aromatic rings. The fourth-order valence-electron chi connectivity index (χ4n) is 6.00. The van der Waals surface area contributed by atoms with Gasteiger partial charge in [-0.1, -0.05) is 23.7 Å². The topological polar surface area (TPSA) is 54.3 Å². The molecule has 0 radical (unpaired) electrons. The highest BCUT2D eigenvalue weighted by molar-refractivity contribution is 6.34. The summed E-state index contributed by atoms with van der Waals surface area (Å²) in [6.45, 7) is 9.52. The van der Waals surface area contributed by atoms with E-state index in [0.29, 0.717) is 24.2 Å². The number of benzene rings is 1. The first-order valence-corrected chi connectivity index (χ1v) is 12.9. The van der Waals surface area contributed by atoms with Crippen LogP contribution in [-0.4, -0.2) is 56.7 Å². The number of amides is 1. The van der Waals surface area contributed by atoms with Crippen LogP contribution in [0.1, 0.15) is 58.6 Å². The van der Waals surface area contributed by atoms with Crippen LogP contribution in [0.25, 0.3) is 22.3 Å². The molecule has 35 heavy (non-hydrogen) atoms. The Morgan fingerprint density at radius 3 is 2.63 bits per heavy atom. The van der Waals surface area contributed by atoms with Crippen LogP contribution < -0.4 is 4.90 Å². The predicted octanol–water partition coefficient (Wildman–Crippen LogP) is 5.53. The molecule has 1 saturated carbocycles. The van der Waals surface area contributed by atoms with Crippen molar-refractivity contribution in [1.29, 1.82) is 0 Å². The van der Waals surface area contributed by atoms with Crippen molar-refractivity contribution in [1.82, 2.24) is 19.4 Å². The van der Waals surface area contributed by atoms with Gasteiger partial charge in [0.2, 0.25) is 5.91 Å². The number of halogens is 2. The van der Waals surface area contributed by atoms with Gasteiger partial charge in [-0.05, 0) is 64.7 Å². The molecular weight excluding hydrogens is 465 g/mol. The van der Waals surface area contributed by atoms with E-state index in [4.69, 9.17) is 16.6 Å². The molecule has 4 heterocycles. The third-order valence-electron chi connectivity index (χ3n) is 8.18. The lowest BCUT2D eigenvalue weighted by Crippen LogP contribution is -2.55. The predicted molar refractivity (Wildman–Crippen MR) is 137 cm³/mol. The minimum atomic E-state index is -0.715. The first-order chi connectivity index (χ1) is 16.6. The van der Waals surface area contributed by atoms with Gasteiger partial charge in [-0.25, -0.2) is 14.4 Å². The molecule has 2 aliphatic heterocycles. The van der Waals surface area contributed by atoms with Crippen molar-refractivity contribution in [2.75, 3.05) is 18.0 Å². The smallest absolute Gasteiger partial charge is 0.237 e. The molecule has 2 aromatic heterocycles. The average molecular weight is 496 g/mol. The van der Waals surface area contributed by atoms with Gasteiger partial charge in [-0.15, -0.1) is 0 Å². The maximum Gasteiger partial charge on any atom is 0.237 e. The van der Waals surface area contributed by atoms with E-state index in [2.05, 4.69) is 35.9 Å². The van der Waals surface area contributed by atoms with Gasteiger partial charge in [0.05, 0.1) is 23.0 Å². The third-order valence-corrected chi connectivity index (χ3v) is 8.44. The molecule has 6 rings (SSSR count). The summed E-state index contributed by atoms with van der Waals surface area (Å²) in [5, 5.41) is 0.427. The van der Waals surface area contributed by atoms with Gasteiger partial charge >= 0.3 is 0 Å². The lowest BCUT2D eigenvalue weighted by Gasteiger charge is -2.45. The molecule has 0 unspecified atom stereocenters. The van der Waals surface area contributed by atoms with Crippen molar-refractivity contribution >= 4 is 34.2 Å². The third kappa shape index (κ3) is 3.50. The van der Waals surface area contributed by atoms with E-state index in [-0.39, 0.29) is 18.0 Å². The van der Waals surface area contributed by atoms with Gasteiger partial charge in [0.15, 0.2) is 5.15 Å². The SMILES string of the molecule is CC(C)n1cnc2cc(-c3ccc4c(c3)N(C3CC(N5CC[C@@H](F)C5)C3)C(=O)C4(C)C)nc(Cl)c21. The number of anilines is 1. The van der Waals surface area contributed by atoms with E-state index < -0.39 is 11.6 Å². The monoisotopic (exact) mass is 495 g/mol. The fraction of sp³-hybridized carbons (Fsp3) is 0.519. The van der Waals surface area contributed by atoms with E-state index in [0.717, 1.165) is 52.9 Å². The highest BCUT2D eigenvalue weighted by Crippen LogP contribution is 2.48. The van der Waals surface area contributed by atoms with Crippen LogP contribution in [0.4, 0.5) is 10.1 Å². The highest BCUT2D eigenvalue weighted by atomic mass is 35.5. The Labute approximate surface area is 210 Å². The lowest BCUT2D eigenvalue weighted by molar-refractivity contribution is -0.123. The summed E-state index contributed by atoms with van der Waals surface area (Å²) in [6, 6.07) is 8.86. The largest absolute Gasteiger partial charge is 0.326 e. The molecule has 1 amide bonds. The normalized spacial score (nSPS) is 26.1. The quantitative estimate of drug-likeness (QED) is 0.446. The van der Waals surface area contributed by atoms with Crippen LogP contribution in [0.2, 0.25) is 5.15 Å². The van der Waals surface area contributed by atoms with Crippen molar-refractivity contribution in [2.24, 2.45) is 0 Å². The Morgan fingerprint density at radius 1 is 1.17 bits per heavy atom. The van der Waals surface area contributed by atoms with Crippen molar-refractivity contribution in [2.45, 2.75) is 76.7 Å². The zero-order chi connectivity index (χ0) is 24.6. The number of hydrogen-bond donors (Lipinski definition) is 0. The van der Waals surface area contributed by atoms with Gasteiger partial charge in [-0.3, -0.25) is 9.69 Å². The number of fused-ring (bicyclic) bond motifs is 2. The van der Waals surface area contributed by atoms with Crippen LogP contribution in [-0.2, 0) is 10.2 Å². The molecule has 184 valence electrons. The second-order valence-corrected chi connectivity index (χ2v) is 11.5. The second kappa shape index (κ2) is 8.00. The summed E-state index contributed by atoms with van der Waals surface area (Å²) in [5.74, 6) is 0.134. The van der Waals surface area contributed by atoms with Gasteiger partial charge in [0.25, 0.3) is 0 Å². The summed E-state index contributed by atoms with van der Waals surface area (Å²) < 4.78 is 15.7. The molecule has 8 heteroatoms. The first kappa shape index (κ1) is 22.9.